The number of hydrogen-bond donors (Lipinski definition) is 3. The molecule has 0 radical (unpaired) electrons. The molecule has 0 fully saturated rings. The maximum Gasteiger partial charge on any atom is 0.321 e. The first kappa shape index (κ1) is 21.1. The van der Waals surface area contributed by atoms with Gasteiger partial charge in [0.2, 0.25) is 0 Å². The van der Waals surface area contributed by atoms with Gasteiger partial charge in [-0.25, -0.2) is 13.2 Å². The van der Waals surface area contributed by atoms with E-state index in [4.69, 9.17) is 4.74 Å². The first-order chi connectivity index (χ1) is 11.4. The van der Waals surface area contributed by atoms with Crippen molar-refractivity contribution in [1.29, 1.82) is 0 Å². The number of thiophene rings is 1. The lowest BCUT2D eigenvalue weighted by atomic mass is 10.1. The van der Waals surface area contributed by atoms with Gasteiger partial charge in [0.05, 0.1) is 0 Å². The second-order valence-corrected chi connectivity index (χ2v) is 9.02. The van der Waals surface area contributed by atoms with Crippen LogP contribution in [-0.4, -0.2) is 44.5 Å². The molecular formula is C14H21N3O6S2. The summed E-state index contributed by atoms with van der Waals surface area (Å²) in [6.45, 7) is 5.85. The summed E-state index contributed by atoms with van der Waals surface area (Å²) in [6, 6.07) is 2.23. The number of esters is 1. The predicted molar refractivity (Wildman–Crippen MR) is 91.5 cm³/mol. The van der Waals surface area contributed by atoms with Crippen molar-refractivity contribution in [2.45, 2.75) is 43.5 Å². The molecule has 0 aliphatic carbocycles. The Morgan fingerprint density at radius 3 is 2.44 bits per heavy atom. The predicted octanol–water partition coefficient (Wildman–Crippen LogP) is 0.582. The molecule has 3 amide bonds. The highest BCUT2D eigenvalue weighted by Gasteiger charge is 2.23. The molecule has 3 N–H and O–H groups in total. The van der Waals surface area contributed by atoms with Crippen LogP contribution in [0.5, 0.6) is 0 Å². The lowest BCUT2D eigenvalue weighted by Crippen LogP contribution is -2.50. The molecule has 9 nitrogen and oxygen atoms in total. The van der Waals surface area contributed by atoms with Gasteiger partial charge in [-0.05, 0) is 39.1 Å². The molecule has 0 aliphatic heterocycles. The van der Waals surface area contributed by atoms with Crippen LogP contribution in [-0.2, 0) is 24.3 Å². The van der Waals surface area contributed by atoms with Crippen LogP contribution in [0.15, 0.2) is 21.7 Å². The molecule has 1 rings (SSSR count). The summed E-state index contributed by atoms with van der Waals surface area (Å²) in [7, 11) is -3.80. The lowest BCUT2D eigenvalue weighted by Gasteiger charge is -2.21. The third-order valence-corrected chi connectivity index (χ3v) is 5.37. The Hall–Kier alpha value is -1.98. The highest BCUT2D eigenvalue weighted by Crippen LogP contribution is 2.14. The van der Waals surface area contributed by atoms with E-state index in [2.05, 4.69) is 10.0 Å². The van der Waals surface area contributed by atoms with Crippen LogP contribution in [0.1, 0.15) is 27.7 Å². The van der Waals surface area contributed by atoms with E-state index in [0.29, 0.717) is 0 Å². The van der Waals surface area contributed by atoms with E-state index < -0.39 is 46.1 Å². The summed E-state index contributed by atoms with van der Waals surface area (Å²) < 4.78 is 30.6. The number of sulfonamides is 1. The molecule has 1 heterocycles. The fourth-order valence-corrected chi connectivity index (χ4v) is 3.53. The summed E-state index contributed by atoms with van der Waals surface area (Å²) in [5.41, 5.74) is -0.537. The van der Waals surface area contributed by atoms with Crippen molar-refractivity contribution in [3.05, 3.63) is 17.5 Å². The standard InChI is InChI=1S/C14H21N3O6S2/c1-9(12(19)16-13(20)17-14(2,3)4)23-10(18)8-15-25(21,22)11-6-5-7-24-11/h5-7,9,15H,8H2,1-4H3,(H2,16,17,19,20). The van der Waals surface area contributed by atoms with Gasteiger partial charge in [0.25, 0.3) is 15.9 Å². The molecule has 1 aromatic rings. The molecule has 11 heteroatoms. The Morgan fingerprint density at radius 1 is 1.28 bits per heavy atom. The van der Waals surface area contributed by atoms with Gasteiger partial charge >= 0.3 is 12.0 Å². The van der Waals surface area contributed by atoms with Crippen LogP contribution >= 0.6 is 11.3 Å². The number of rotatable bonds is 6. The maximum atomic E-state index is 11.9. The fraction of sp³-hybridized carbons (Fsp3) is 0.500. The molecule has 1 atom stereocenters. The second kappa shape index (κ2) is 8.41. The minimum absolute atomic E-state index is 0.0601. The van der Waals surface area contributed by atoms with Crippen LogP contribution < -0.4 is 15.4 Å². The van der Waals surface area contributed by atoms with Gasteiger partial charge in [0.1, 0.15) is 10.8 Å². The minimum Gasteiger partial charge on any atom is -0.452 e. The van der Waals surface area contributed by atoms with E-state index in [1.165, 1.54) is 13.0 Å². The van der Waals surface area contributed by atoms with Gasteiger partial charge in [0, 0.05) is 5.54 Å². The number of carbonyl (C=O) groups excluding carboxylic acids is 3. The van der Waals surface area contributed by atoms with Crippen molar-refractivity contribution in [2.24, 2.45) is 0 Å². The molecule has 1 unspecified atom stereocenters. The smallest absolute Gasteiger partial charge is 0.321 e. The number of ether oxygens (including phenoxy) is 1. The van der Waals surface area contributed by atoms with Gasteiger partial charge in [-0.2, -0.15) is 4.72 Å². The number of carbonyl (C=O) groups is 3. The van der Waals surface area contributed by atoms with Crippen molar-refractivity contribution in [3.63, 3.8) is 0 Å². The Balaban J connectivity index is 2.46. The van der Waals surface area contributed by atoms with Crippen molar-refractivity contribution >= 4 is 39.3 Å². The Morgan fingerprint density at radius 2 is 1.92 bits per heavy atom. The first-order valence-electron chi connectivity index (χ1n) is 7.26. The normalized spacial score (nSPS) is 13.0. The van der Waals surface area contributed by atoms with E-state index in [0.717, 1.165) is 11.3 Å². The van der Waals surface area contributed by atoms with Gasteiger partial charge < -0.3 is 10.1 Å². The van der Waals surface area contributed by atoms with E-state index in [1.54, 1.807) is 32.2 Å². The van der Waals surface area contributed by atoms with Crippen LogP contribution in [0.4, 0.5) is 4.79 Å². The third-order valence-electron chi connectivity index (χ3n) is 2.57. The van der Waals surface area contributed by atoms with Crippen LogP contribution in [0, 0.1) is 0 Å². The zero-order chi connectivity index (χ0) is 19.3. The summed E-state index contributed by atoms with van der Waals surface area (Å²) in [5, 5.41) is 6.14. The number of nitrogens with one attached hydrogen (secondary N) is 3. The largest absolute Gasteiger partial charge is 0.452 e. The molecule has 0 aliphatic rings. The minimum atomic E-state index is -3.80. The number of amides is 3. The van der Waals surface area contributed by atoms with Crippen LogP contribution in [0.3, 0.4) is 0 Å². The van der Waals surface area contributed by atoms with E-state index in [9.17, 15) is 22.8 Å². The Labute approximate surface area is 150 Å². The topological polar surface area (TPSA) is 131 Å². The summed E-state index contributed by atoms with van der Waals surface area (Å²) in [4.78, 5) is 35.0. The average Bonchev–Trinajstić information content (AvgIpc) is 2.98. The zero-order valence-corrected chi connectivity index (χ0v) is 15.9. The second-order valence-electron chi connectivity index (χ2n) is 6.08. The van der Waals surface area contributed by atoms with E-state index >= 15 is 0 Å². The van der Waals surface area contributed by atoms with Crippen molar-refractivity contribution in [3.8, 4) is 0 Å². The molecule has 0 saturated heterocycles. The van der Waals surface area contributed by atoms with E-state index in [1.807, 2.05) is 5.32 Å². The number of hydrogen-bond acceptors (Lipinski definition) is 7. The maximum absolute atomic E-state index is 11.9. The molecule has 140 valence electrons. The molecular weight excluding hydrogens is 370 g/mol. The lowest BCUT2D eigenvalue weighted by molar-refractivity contribution is -0.153. The average molecular weight is 391 g/mol. The highest BCUT2D eigenvalue weighted by molar-refractivity contribution is 7.91. The molecule has 0 bridgehead atoms. The zero-order valence-electron chi connectivity index (χ0n) is 14.3. The van der Waals surface area contributed by atoms with Crippen molar-refractivity contribution in [1.82, 2.24) is 15.4 Å². The van der Waals surface area contributed by atoms with Gasteiger partial charge in [-0.15, -0.1) is 11.3 Å². The summed E-state index contributed by atoms with van der Waals surface area (Å²) in [5.74, 6) is -1.77. The number of urea groups is 1. The number of imide groups is 1. The first-order valence-corrected chi connectivity index (χ1v) is 9.62. The SMILES string of the molecule is CC(OC(=O)CNS(=O)(=O)c1cccs1)C(=O)NC(=O)NC(C)(C)C. The molecule has 0 aromatic carbocycles. The van der Waals surface area contributed by atoms with Crippen molar-refractivity contribution in [2.75, 3.05) is 6.54 Å². The van der Waals surface area contributed by atoms with Crippen LogP contribution in [0.2, 0.25) is 0 Å². The molecule has 1 aromatic heterocycles. The molecule has 0 saturated carbocycles. The van der Waals surface area contributed by atoms with Crippen molar-refractivity contribution < 1.29 is 27.5 Å². The third kappa shape index (κ3) is 7.63. The Bertz CT molecular complexity index is 722. The molecule has 25 heavy (non-hydrogen) atoms. The summed E-state index contributed by atoms with van der Waals surface area (Å²) >= 11 is 1.00. The Kier molecular flexibility index (Phi) is 7.08. The monoisotopic (exact) mass is 391 g/mol. The van der Waals surface area contributed by atoms with Gasteiger partial charge in [-0.3, -0.25) is 14.9 Å². The quantitative estimate of drug-likeness (QED) is 0.608. The highest BCUT2D eigenvalue weighted by atomic mass is 32.2. The summed E-state index contributed by atoms with van der Waals surface area (Å²) in [6.07, 6.45) is -1.26. The van der Waals surface area contributed by atoms with Gasteiger partial charge in [-0.1, -0.05) is 6.07 Å². The van der Waals surface area contributed by atoms with Gasteiger partial charge in [0.15, 0.2) is 6.10 Å². The van der Waals surface area contributed by atoms with E-state index in [-0.39, 0.29) is 4.21 Å². The fourth-order valence-electron chi connectivity index (χ4n) is 1.52. The molecule has 0 spiro atoms. The van der Waals surface area contributed by atoms with Crippen LogP contribution in [0.25, 0.3) is 0 Å².